The highest BCUT2D eigenvalue weighted by Gasteiger charge is 2.21. The average Bonchev–Trinajstić information content (AvgIpc) is 2.90. The van der Waals surface area contributed by atoms with Gasteiger partial charge in [-0.1, -0.05) is 15.9 Å². The van der Waals surface area contributed by atoms with Gasteiger partial charge in [0.25, 0.3) is 0 Å². The molecule has 1 aliphatic rings. The van der Waals surface area contributed by atoms with Crippen LogP contribution in [0.5, 0.6) is 0 Å². The molecule has 0 aliphatic carbocycles. The number of hydrogen-bond acceptors (Lipinski definition) is 3. The standard InChI is InChI=1S/C14H20BrNOS/c1-11(14-3-2-9-17-14)16-8-10-18-13-6-4-12(15)5-7-13/h4-7,11,14,16H,2-3,8-10H2,1H3. The van der Waals surface area contributed by atoms with Gasteiger partial charge in [0.05, 0.1) is 6.10 Å². The number of rotatable bonds is 6. The predicted octanol–water partition coefficient (Wildman–Crippen LogP) is 3.70. The highest BCUT2D eigenvalue weighted by molar-refractivity contribution is 9.10. The molecule has 0 amide bonds. The van der Waals surface area contributed by atoms with E-state index in [2.05, 4.69) is 52.4 Å². The summed E-state index contributed by atoms with van der Waals surface area (Å²) in [6.45, 7) is 4.19. The minimum absolute atomic E-state index is 0.419. The fourth-order valence-corrected chi connectivity index (χ4v) is 3.16. The van der Waals surface area contributed by atoms with E-state index < -0.39 is 0 Å². The van der Waals surface area contributed by atoms with Gasteiger partial charge in [-0.2, -0.15) is 0 Å². The van der Waals surface area contributed by atoms with Crippen LogP contribution < -0.4 is 5.32 Å². The van der Waals surface area contributed by atoms with Crippen LogP contribution in [0.3, 0.4) is 0 Å². The molecule has 2 atom stereocenters. The van der Waals surface area contributed by atoms with Gasteiger partial charge >= 0.3 is 0 Å². The second kappa shape index (κ2) is 7.53. The first-order valence-corrected chi connectivity index (χ1v) is 8.27. The third kappa shape index (κ3) is 4.57. The molecule has 2 rings (SSSR count). The van der Waals surface area contributed by atoms with Gasteiger partial charge in [0.2, 0.25) is 0 Å². The summed E-state index contributed by atoms with van der Waals surface area (Å²) in [6, 6.07) is 8.95. The summed E-state index contributed by atoms with van der Waals surface area (Å²) in [4.78, 5) is 1.32. The van der Waals surface area contributed by atoms with E-state index in [1.807, 2.05) is 11.8 Å². The Bertz CT molecular complexity index is 351. The first kappa shape index (κ1) is 14.4. The molecule has 0 saturated carbocycles. The van der Waals surface area contributed by atoms with E-state index in [9.17, 15) is 0 Å². The topological polar surface area (TPSA) is 21.3 Å². The summed E-state index contributed by atoms with van der Waals surface area (Å²) in [5.74, 6) is 1.10. The van der Waals surface area contributed by atoms with Crippen LogP contribution >= 0.6 is 27.7 Å². The van der Waals surface area contributed by atoms with Crippen LogP contribution in [-0.4, -0.2) is 31.1 Å². The SMILES string of the molecule is CC(NCCSc1ccc(Br)cc1)C1CCCO1. The predicted molar refractivity (Wildman–Crippen MR) is 81.3 cm³/mol. The van der Waals surface area contributed by atoms with E-state index in [0.29, 0.717) is 12.1 Å². The molecular formula is C14H20BrNOS. The first-order valence-electron chi connectivity index (χ1n) is 6.49. The van der Waals surface area contributed by atoms with Crippen molar-refractivity contribution in [2.24, 2.45) is 0 Å². The van der Waals surface area contributed by atoms with Crippen molar-refractivity contribution in [1.29, 1.82) is 0 Å². The number of nitrogens with one attached hydrogen (secondary N) is 1. The smallest absolute Gasteiger partial charge is 0.0726 e. The number of benzene rings is 1. The lowest BCUT2D eigenvalue weighted by Gasteiger charge is -2.19. The van der Waals surface area contributed by atoms with Crippen molar-refractivity contribution >= 4 is 27.7 Å². The Morgan fingerprint density at radius 2 is 2.22 bits per heavy atom. The molecular weight excluding hydrogens is 310 g/mol. The second-order valence-electron chi connectivity index (χ2n) is 4.60. The van der Waals surface area contributed by atoms with Crippen LogP contribution in [-0.2, 0) is 4.74 Å². The maximum atomic E-state index is 5.67. The number of ether oxygens (including phenoxy) is 1. The highest BCUT2D eigenvalue weighted by Crippen LogP contribution is 2.20. The lowest BCUT2D eigenvalue weighted by molar-refractivity contribution is 0.0844. The lowest BCUT2D eigenvalue weighted by atomic mass is 10.1. The van der Waals surface area contributed by atoms with E-state index in [1.54, 1.807) is 0 Å². The fourth-order valence-electron chi connectivity index (χ4n) is 2.11. The van der Waals surface area contributed by atoms with Gasteiger partial charge in [0, 0.05) is 34.3 Å². The number of thioether (sulfide) groups is 1. The van der Waals surface area contributed by atoms with E-state index in [4.69, 9.17) is 4.74 Å². The van der Waals surface area contributed by atoms with Crippen molar-refractivity contribution in [2.75, 3.05) is 18.9 Å². The summed E-state index contributed by atoms with van der Waals surface area (Å²) in [5.41, 5.74) is 0. The Kier molecular flexibility index (Phi) is 6.02. The molecule has 1 N–H and O–H groups in total. The molecule has 0 bridgehead atoms. The van der Waals surface area contributed by atoms with Crippen molar-refractivity contribution in [3.05, 3.63) is 28.7 Å². The van der Waals surface area contributed by atoms with Gasteiger partial charge in [-0.25, -0.2) is 0 Å². The zero-order valence-electron chi connectivity index (χ0n) is 10.7. The molecule has 1 heterocycles. The van der Waals surface area contributed by atoms with Crippen LogP contribution in [0.15, 0.2) is 33.6 Å². The minimum Gasteiger partial charge on any atom is -0.377 e. The molecule has 0 aromatic heterocycles. The number of hydrogen-bond donors (Lipinski definition) is 1. The van der Waals surface area contributed by atoms with Gasteiger partial charge in [0.15, 0.2) is 0 Å². The van der Waals surface area contributed by atoms with Crippen molar-refractivity contribution in [3.63, 3.8) is 0 Å². The van der Waals surface area contributed by atoms with Crippen LogP contribution in [0.4, 0.5) is 0 Å². The highest BCUT2D eigenvalue weighted by atomic mass is 79.9. The van der Waals surface area contributed by atoms with Gasteiger partial charge in [-0.3, -0.25) is 0 Å². The van der Waals surface area contributed by atoms with Crippen LogP contribution in [0.1, 0.15) is 19.8 Å². The molecule has 2 nitrogen and oxygen atoms in total. The maximum Gasteiger partial charge on any atom is 0.0726 e. The Morgan fingerprint density at radius 1 is 1.44 bits per heavy atom. The summed E-state index contributed by atoms with van der Waals surface area (Å²) in [5, 5.41) is 3.55. The van der Waals surface area contributed by atoms with Crippen LogP contribution in [0, 0.1) is 0 Å². The lowest BCUT2D eigenvalue weighted by Crippen LogP contribution is -2.38. The summed E-state index contributed by atoms with van der Waals surface area (Å²) >= 11 is 5.34. The first-order chi connectivity index (χ1) is 8.75. The van der Waals surface area contributed by atoms with Crippen molar-refractivity contribution in [3.8, 4) is 0 Å². The molecule has 100 valence electrons. The van der Waals surface area contributed by atoms with Gasteiger partial charge in [-0.05, 0) is 44.0 Å². The van der Waals surface area contributed by atoms with Crippen molar-refractivity contribution < 1.29 is 4.74 Å². The van der Waals surface area contributed by atoms with Crippen LogP contribution in [0.25, 0.3) is 0 Å². The third-order valence-corrected chi connectivity index (χ3v) is 4.72. The average molecular weight is 330 g/mol. The van der Waals surface area contributed by atoms with Gasteiger partial charge < -0.3 is 10.1 Å². The molecule has 1 saturated heterocycles. The Labute approximate surface area is 122 Å². The zero-order chi connectivity index (χ0) is 12.8. The zero-order valence-corrected chi connectivity index (χ0v) is 13.1. The maximum absolute atomic E-state index is 5.67. The van der Waals surface area contributed by atoms with E-state index in [0.717, 1.165) is 23.4 Å². The Morgan fingerprint density at radius 3 is 2.89 bits per heavy atom. The van der Waals surface area contributed by atoms with E-state index in [1.165, 1.54) is 17.7 Å². The Hall–Kier alpha value is -0.0300. The molecule has 0 spiro atoms. The third-order valence-electron chi connectivity index (χ3n) is 3.17. The van der Waals surface area contributed by atoms with E-state index >= 15 is 0 Å². The van der Waals surface area contributed by atoms with Gasteiger partial charge in [0.1, 0.15) is 0 Å². The molecule has 1 aliphatic heterocycles. The number of halogens is 1. The molecule has 4 heteroatoms. The quantitative estimate of drug-likeness (QED) is 0.635. The van der Waals surface area contributed by atoms with Crippen molar-refractivity contribution in [2.45, 2.75) is 36.8 Å². The monoisotopic (exact) mass is 329 g/mol. The minimum atomic E-state index is 0.419. The fraction of sp³-hybridized carbons (Fsp3) is 0.571. The van der Waals surface area contributed by atoms with Crippen LogP contribution in [0.2, 0.25) is 0 Å². The van der Waals surface area contributed by atoms with E-state index in [-0.39, 0.29) is 0 Å². The summed E-state index contributed by atoms with van der Waals surface area (Å²) < 4.78 is 6.80. The molecule has 18 heavy (non-hydrogen) atoms. The summed E-state index contributed by atoms with van der Waals surface area (Å²) in [6.07, 6.45) is 2.83. The molecule has 1 aromatic rings. The summed E-state index contributed by atoms with van der Waals surface area (Å²) in [7, 11) is 0. The largest absolute Gasteiger partial charge is 0.377 e. The molecule has 2 unspecified atom stereocenters. The second-order valence-corrected chi connectivity index (χ2v) is 6.68. The molecule has 1 fully saturated rings. The van der Waals surface area contributed by atoms with Gasteiger partial charge in [-0.15, -0.1) is 11.8 Å². The van der Waals surface area contributed by atoms with Crippen molar-refractivity contribution in [1.82, 2.24) is 5.32 Å². The normalized spacial score (nSPS) is 21.1. The Balaban J connectivity index is 1.62. The molecule has 1 aromatic carbocycles. The molecule has 0 radical (unpaired) electrons.